The predicted octanol–water partition coefficient (Wildman–Crippen LogP) is 27.1. The zero-order valence-corrected chi connectivity index (χ0v) is 75.7. The molecule has 0 aliphatic heterocycles. The van der Waals surface area contributed by atoms with Gasteiger partial charge in [0.15, 0.2) is 5.69 Å². The second kappa shape index (κ2) is 42.4. The van der Waals surface area contributed by atoms with Crippen molar-refractivity contribution >= 4 is 50.0 Å². The van der Waals surface area contributed by atoms with Crippen molar-refractivity contribution in [2.24, 2.45) is 0 Å². The van der Waals surface area contributed by atoms with Crippen LogP contribution >= 0.6 is 11.6 Å². The second-order valence-electron chi connectivity index (χ2n) is 34.8. The molecule has 0 radical (unpaired) electrons. The number of halogens is 2. The van der Waals surface area contributed by atoms with E-state index in [-0.39, 0.29) is 46.6 Å². The van der Waals surface area contributed by atoms with Crippen molar-refractivity contribution in [3.05, 3.63) is 248 Å². The average molecular weight is 1560 g/mol. The molecule has 0 spiro atoms. The van der Waals surface area contributed by atoms with E-state index in [9.17, 15) is 18.8 Å². The van der Waals surface area contributed by atoms with E-state index in [1.807, 2.05) is 116 Å². The summed E-state index contributed by atoms with van der Waals surface area (Å²) in [5, 5.41) is 4.03. The van der Waals surface area contributed by atoms with E-state index < -0.39 is 0 Å². The van der Waals surface area contributed by atoms with Crippen molar-refractivity contribution in [2.75, 3.05) is 0 Å². The molecule has 11 aromatic rings. The summed E-state index contributed by atoms with van der Waals surface area (Å²) < 4.78 is 21.4. The van der Waals surface area contributed by atoms with E-state index in [0.717, 1.165) is 94.5 Å². The Balaban J connectivity index is 0.000000232. The van der Waals surface area contributed by atoms with Crippen molar-refractivity contribution in [3.8, 4) is 0 Å². The molecule has 7 heterocycles. The molecule has 1 aliphatic carbocycles. The average Bonchev–Trinajstić information content (AvgIpc) is 1.48. The van der Waals surface area contributed by atoms with Crippen LogP contribution in [0.2, 0.25) is 5.02 Å². The smallest absolute Gasteiger partial charge is 0.289 e. The van der Waals surface area contributed by atoms with Gasteiger partial charge in [-0.1, -0.05) is 192 Å². The Bertz CT molecular complexity index is 5030. The van der Waals surface area contributed by atoms with Crippen LogP contribution in [0, 0.1) is 47.3 Å². The Labute approximate surface area is 681 Å². The number of fused-ring (bicyclic) bond motifs is 3. The van der Waals surface area contributed by atoms with E-state index in [4.69, 9.17) is 18.2 Å². The Morgan fingerprint density at radius 1 is 0.425 bits per heavy atom. The molecule has 0 amide bonds. The first-order chi connectivity index (χ1) is 52.7. The van der Waals surface area contributed by atoms with Gasteiger partial charge in [0.25, 0.3) is 22.8 Å². The maximum Gasteiger partial charge on any atom is 0.289 e. The van der Waals surface area contributed by atoms with Crippen LogP contribution in [0.5, 0.6) is 0 Å². The fourth-order valence-corrected chi connectivity index (χ4v) is 14.0. The van der Waals surface area contributed by atoms with Crippen LogP contribution in [0.1, 0.15) is 386 Å². The van der Waals surface area contributed by atoms with Gasteiger partial charge in [-0.05, 0) is 255 Å². The number of imidazole rings is 4. The van der Waals surface area contributed by atoms with Gasteiger partial charge in [-0.2, -0.15) is 4.39 Å². The Morgan fingerprint density at radius 3 is 1.24 bits per heavy atom. The zero-order chi connectivity index (χ0) is 85.2. The molecule has 3 N–H and O–H groups in total. The third-order valence-corrected chi connectivity index (χ3v) is 20.8. The summed E-state index contributed by atoms with van der Waals surface area (Å²) in [5.41, 5.74) is 19.4. The van der Waals surface area contributed by atoms with Crippen molar-refractivity contribution in [2.45, 2.75) is 331 Å². The van der Waals surface area contributed by atoms with Crippen LogP contribution in [-0.2, 0) is 0 Å². The number of benzene rings is 4. The zero-order valence-electron chi connectivity index (χ0n) is 74.9. The lowest BCUT2D eigenvalue weighted by atomic mass is 9.95. The second-order valence-corrected chi connectivity index (χ2v) is 35.2. The lowest BCUT2D eigenvalue weighted by Crippen LogP contribution is -2.13. The minimum absolute atomic E-state index is 0.00507. The summed E-state index contributed by atoms with van der Waals surface area (Å²) in [4.78, 5) is 65.2. The number of nitrogens with zero attached hydrogens (tertiary/aromatic N) is 9. The molecule has 17 heteroatoms. The molecule has 0 unspecified atom stereocenters. The molecule has 0 bridgehead atoms. The van der Waals surface area contributed by atoms with Crippen molar-refractivity contribution in [1.82, 2.24) is 53.2 Å². The molecule has 0 saturated heterocycles. The normalized spacial score (nSPS) is 12.1. The maximum atomic E-state index is 13.1. The number of aryl methyl sites for hydroxylation is 3. The Kier molecular flexibility index (Phi) is 35.5. The fraction of sp³-hybridized carbons (Fsp3) is 0.521. The van der Waals surface area contributed by atoms with Crippen LogP contribution in [-0.4, -0.2) is 53.2 Å². The lowest BCUT2D eigenvalue weighted by molar-refractivity contribution is 0.434. The molecule has 1 aliphatic rings. The number of pyridine rings is 3. The van der Waals surface area contributed by atoms with Gasteiger partial charge in [-0.3, -0.25) is 14.4 Å². The summed E-state index contributed by atoms with van der Waals surface area (Å²) in [6, 6.07) is 30.3. The van der Waals surface area contributed by atoms with Gasteiger partial charge in [-0.25, -0.2) is 24.8 Å². The van der Waals surface area contributed by atoms with Crippen LogP contribution in [0.3, 0.4) is 0 Å². The van der Waals surface area contributed by atoms with Gasteiger partial charge in [0.1, 0.15) is 11.6 Å². The van der Waals surface area contributed by atoms with E-state index in [2.05, 4.69) is 263 Å². The molecule has 1 saturated carbocycles. The van der Waals surface area contributed by atoms with Crippen LogP contribution in [0.25, 0.3) is 37.6 Å². The number of rotatable bonds is 15. The topological polar surface area (TPSA) is 174 Å². The van der Waals surface area contributed by atoms with E-state index in [1.54, 1.807) is 10.8 Å². The van der Waals surface area contributed by atoms with Gasteiger partial charge in [0, 0.05) is 86.2 Å². The molecular weight excluding hydrogens is 1420 g/mol. The van der Waals surface area contributed by atoms with Crippen LogP contribution < -0.4 is 16.7 Å². The number of hydrogen-bond acceptors (Lipinski definition) is 7. The lowest BCUT2D eigenvalue weighted by Gasteiger charge is -2.12. The van der Waals surface area contributed by atoms with E-state index in [1.165, 1.54) is 58.0 Å². The van der Waals surface area contributed by atoms with Crippen molar-refractivity contribution in [1.29, 1.82) is 0 Å². The summed E-state index contributed by atoms with van der Waals surface area (Å²) in [7, 11) is 0. The fourth-order valence-electron chi connectivity index (χ4n) is 13.6. The van der Waals surface area contributed by atoms with E-state index in [0.29, 0.717) is 59.6 Å². The highest BCUT2D eigenvalue weighted by Gasteiger charge is 2.24. The molecule has 1 fully saturated rings. The third kappa shape index (κ3) is 26.3. The van der Waals surface area contributed by atoms with Gasteiger partial charge < -0.3 is 33.2 Å². The van der Waals surface area contributed by atoms with E-state index >= 15 is 0 Å². The first kappa shape index (κ1) is 94.7. The van der Waals surface area contributed by atoms with Gasteiger partial charge >= 0.3 is 0 Å². The standard InChI is InChI=1S/C15H18ClNO.C15H17NO.C13H15NO.C13H17N.C11H20N2.2C10H18N2.C9H15FN2/c1-8(2)11-7-14-10(6-13(11)16)5-12(9(3)4)15(18)17-14;1-9(2)13-8-12-7-11(10-3-4-10)5-6-14(12)16-15(13)17;1-8(2)11-7-10-6-9(3)4-5-12(10)14-13(11)15;1-9(2)11-6-7-12(10(3)4)13(8-11)14-5;1-7(2)11-9(5)13(8(3)4)10(6)12-11;1-7(2)10-9(5)12(6-11-10)8(3)4;1-7(2)10-6-12(8(3)4)9(5)11-10;1-6(2)8-5-12(7(3)4)9(10)11-8/h5-9H,1-4H3,(H,17,18);5-10H,3-4H2,1-2H3,(H,16,17);4-8H,1-3H3,(H,14,15);6-10H,1-4H3;7-8H,1-6H3;2*6-8H,1-5H3;5-7H,1-4H3. The minimum atomic E-state index is -0.381. The molecule has 0 atom stereocenters. The summed E-state index contributed by atoms with van der Waals surface area (Å²) in [6.07, 6.45) is 8.12. The number of hydrogen-bond donors (Lipinski definition) is 3. The van der Waals surface area contributed by atoms with Gasteiger partial charge in [-0.15, -0.1) is 0 Å². The monoisotopic (exact) mass is 1560 g/mol. The number of aromatic nitrogens is 11. The summed E-state index contributed by atoms with van der Waals surface area (Å²) >= 11 is 6.28. The van der Waals surface area contributed by atoms with Crippen LogP contribution in [0.15, 0.2) is 118 Å². The largest absolute Gasteiger partial charge is 0.332 e. The Morgan fingerprint density at radius 2 is 0.876 bits per heavy atom. The van der Waals surface area contributed by atoms with Crippen molar-refractivity contribution in [3.63, 3.8) is 0 Å². The minimum Gasteiger partial charge on any atom is -0.332 e. The summed E-state index contributed by atoms with van der Waals surface area (Å²) in [6.45, 7) is 76.7. The first-order valence-corrected chi connectivity index (χ1v) is 41.7. The molecule has 7 aromatic heterocycles. The Hall–Kier alpha value is -8.94. The van der Waals surface area contributed by atoms with Crippen LogP contribution in [0.4, 0.5) is 10.1 Å². The quantitative estimate of drug-likeness (QED) is 0.0856. The predicted molar refractivity (Wildman–Crippen MR) is 478 cm³/mol. The first-order valence-electron chi connectivity index (χ1n) is 41.3. The number of aromatic amines is 3. The molecular formula is C96H138ClFN12O3. The molecule has 4 aromatic carbocycles. The highest BCUT2D eigenvalue weighted by Crippen LogP contribution is 2.41. The van der Waals surface area contributed by atoms with Gasteiger partial charge in [0.05, 0.1) is 35.7 Å². The molecule has 113 heavy (non-hydrogen) atoms. The molecule has 614 valence electrons. The highest BCUT2D eigenvalue weighted by molar-refractivity contribution is 6.32. The highest BCUT2D eigenvalue weighted by atomic mass is 35.5. The van der Waals surface area contributed by atoms with Gasteiger partial charge in [0.2, 0.25) is 0 Å². The molecule has 12 rings (SSSR count). The molecule has 15 nitrogen and oxygen atoms in total. The van der Waals surface area contributed by atoms with Crippen molar-refractivity contribution < 1.29 is 4.39 Å². The summed E-state index contributed by atoms with van der Waals surface area (Å²) in [5.74, 6) is 6.91. The maximum absolute atomic E-state index is 13.1. The third-order valence-electron chi connectivity index (χ3n) is 20.5. The SMILES string of the molecule is CC(C)c1cc2[nH]c(=O)c(C(C)C)cc2cc1Cl.CC(C)c1cc2cc(C3CC3)ccc2[nH]c1=O.CC(C)c1cn(C(C)C)c(F)n1.Cc1c(C(C)C)ncn1C(C)C.Cc1ccc2[nH]c(=O)c(C(C)C)cc2c1.Cc1nc(C(C)C)c(C)n1C(C)C.Cc1nc(C(C)C)cn1C(C)C.[C-]#[N+]c1cc(C(C)C)ccc1C(C)C. The number of nitrogens with one attached hydrogen (secondary N) is 3. The number of H-pyrrole nitrogens is 3.